The first-order valence-corrected chi connectivity index (χ1v) is 6.47. The van der Waals surface area contributed by atoms with Gasteiger partial charge in [-0.3, -0.25) is 4.90 Å². The van der Waals surface area contributed by atoms with E-state index in [0.717, 1.165) is 50.1 Å². The van der Waals surface area contributed by atoms with Crippen molar-refractivity contribution in [3.8, 4) is 0 Å². The van der Waals surface area contributed by atoms with Crippen LogP contribution in [0, 0.1) is 17.7 Å². The van der Waals surface area contributed by atoms with Crippen LogP contribution in [0.5, 0.6) is 0 Å². The normalized spacial score (nSPS) is 28.6. The van der Waals surface area contributed by atoms with Crippen LogP contribution in [0.1, 0.15) is 5.56 Å². The SMILES string of the molecule is Fc1ccc(CN2CC3CNCC3C2)cc1Cl. The molecule has 0 saturated carbocycles. The topological polar surface area (TPSA) is 15.3 Å². The number of rotatable bonds is 2. The third kappa shape index (κ3) is 2.32. The fraction of sp³-hybridized carbons (Fsp3) is 0.538. The van der Waals surface area contributed by atoms with Gasteiger partial charge >= 0.3 is 0 Å². The Morgan fingerprint density at radius 1 is 1.29 bits per heavy atom. The molecular weight excluding hydrogens is 239 g/mol. The molecule has 2 fully saturated rings. The summed E-state index contributed by atoms with van der Waals surface area (Å²) in [5, 5.41) is 3.65. The highest BCUT2D eigenvalue weighted by atomic mass is 35.5. The summed E-state index contributed by atoms with van der Waals surface area (Å²) < 4.78 is 13.0. The third-order valence-corrected chi connectivity index (χ3v) is 4.14. The van der Waals surface area contributed by atoms with E-state index in [9.17, 15) is 4.39 Å². The summed E-state index contributed by atoms with van der Waals surface area (Å²) in [6, 6.07) is 5.02. The van der Waals surface area contributed by atoms with Gasteiger partial charge in [0.25, 0.3) is 0 Å². The Balaban J connectivity index is 1.65. The molecule has 1 N–H and O–H groups in total. The van der Waals surface area contributed by atoms with Crippen molar-refractivity contribution in [2.75, 3.05) is 26.2 Å². The van der Waals surface area contributed by atoms with Crippen LogP contribution < -0.4 is 5.32 Å². The van der Waals surface area contributed by atoms with Gasteiger partial charge in [0, 0.05) is 19.6 Å². The van der Waals surface area contributed by atoms with Crippen molar-refractivity contribution in [3.05, 3.63) is 34.6 Å². The molecule has 17 heavy (non-hydrogen) atoms. The molecule has 0 spiro atoms. The van der Waals surface area contributed by atoms with Gasteiger partial charge in [-0.05, 0) is 42.6 Å². The number of halogens is 2. The molecule has 0 aliphatic carbocycles. The first-order valence-electron chi connectivity index (χ1n) is 6.09. The maximum absolute atomic E-state index is 13.0. The van der Waals surface area contributed by atoms with Crippen molar-refractivity contribution >= 4 is 11.6 Å². The molecule has 1 aromatic carbocycles. The minimum absolute atomic E-state index is 0.226. The number of hydrogen-bond donors (Lipinski definition) is 1. The van der Waals surface area contributed by atoms with Gasteiger partial charge in [0.15, 0.2) is 0 Å². The Morgan fingerprint density at radius 2 is 2.00 bits per heavy atom. The van der Waals surface area contributed by atoms with Gasteiger partial charge in [-0.1, -0.05) is 17.7 Å². The van der Waals surface area contributed by atoms with Crippen molar-refractivity contribution < 1.29 is 4.39 Å². The van der Waals surface area contributed by atoms with Crippen LogP contribution in [0.15, 0.2) is 18.2 Å². The molecule has 0 radical (unpaired) electrons. The molecule has 2 aliphatic heterocycles. The molecule has 2 unspecified atom stereocenters. The Labute approximate surface area is 106 Å². The van der Waals surface area contributed by atoms with Gasteiger partial charge in [0.05, 0.1) is 5.02 Å². The van der Waals surface area contributed by atoms with E-state index in [1.54, 1.807) is 6.07 Å². The number of fused-ring (bicyclic) bond motifs is 1. The molecule has 0 bridgehead atoms. The number of hydrogen-bond acceptors (Lipinski definition) is 2. The summed E-state index contributed by atoms with van der Waals surface area (Å²) in [7, 11) is 0. The van der Waals surface area contributed by atoms with E-state index in [4.69, 9.17) is 11.6 Å². The van der Waals surface area contributed by atoms with E-state index >= 15 is 0 Å². The van der Waals surface area contributed by atoms with Crippen LogP contribution in [0.2, 0.25) is 5.02 Å². The van der Waals surface area contributed by atoms with Crippen LogP contribution in [0.25, 0.3) is 0 Å². The molecule has 2 heterocycles. The summed E-state index contributed by atoms with van der Waals surface area (Å²) in [4.78, 5) is 2.44. The van der Waals surface area contributed by atoms with Crippen molar-refractivity contribution in [2.45, 2.75) is 6.54 Å². The molecule has 4 heteroatoms. The molecule has 0 amide bonds. The minimum atomic E-state index is -0.335. The van der Waals surface area contributed by atoms with Crippen molar-refractivity contribution in [3.63, 3.8) is 0 Å². The average Bonchev–Trinajstić information content (AvgIpc) is 2.84. The highest BCUT2D eigenvalue weighted by Gasteiger charge is 2.35. The molecule has 3 rings (SSSR count). The first-order chi connectivity index (χ1) is 8.22. The molecule has 2 nitrogen and oxygen atoms in total. The lowest BCUT2D eigenvalue weighted by atomic mass is 10.0. The van der Waals surface area contributed by atoms with Gasteiger partial charge in [0.1, 0.15) is 5.82 Å². The Morgan fingerprint density at radius 3 is 2.65 bits per heavy atom. The molecule has 0 aromatic heterocycles. The Kier molecular flexibility index (Phi) is 3.07. The van der Waals surface area contributed by atoms with Gasteiger partial charge in [-0.15, -0.1) is 0 Å². The largest absolute Gasteiger partial charge is 0.316 e. The molecule has 1 aromatic rings. The molecule has 2 aliphatic rings. The van der Waals surface area contributed by atoms with Crippen LogP contribution in [-0.4, -0.2) is 31.1 Å². The van der Waals surface area contributed by atoms with E-state index in [0.29, 0.717) is 0 Å². The second kappa shape index (κ2) is 4.56. The third-order valence-electron chi connectivity index (χ3n) is 3.86. The van der Waals surface area contributed by atoms with Crippen molar-refractivity contribution in [1.82, 2.24) is 10.2 Å². The zero-order chi connectivity index (χ0) is 11.8. The van der Waals surface area contributed by atoms with Gasteiger partial charge in [0.2, 0.25) is 0 Å². The second-order valence-corrected chi connectivity index (χ2v) is 5.53. The smallest absolute Gasteiger partial charge is 0.141 e. The molecule has 2 saturated heterocycles. The first kappa shape index (κ1) is 11.5. The number of benzene rings is 1. The molecular formula is C13H16ClFN2. The maximum atomic E-state index is 13.0. The highest BCUT2D eigenvalue weighted by Crippen LogP contribution is 2.28. The van der Waals surface area contributed by atoms with E-state index < -0.39 is 0 Å². The van der Waals surface area contributed by atoms with E-state index in [2.05, 4.69) is 10.2 Å². The minimum Gasteiger partial charge on any atom is -0.316 e. The Hall–Kier alpha value is -0.640. The van der Waals surface area contributed by atoms with Crippen LogP contribution in [0.3, 0.4) is 0 Å². The summed E-state index contributed by atoms with van der Waals surface area (Å²) in [6.07, 6.45) is 0. The summed E-state index contributed by atoms with van der Waals surface area (Å²) >= 11 is 5.79. The van der Waals surface area contributed by atoms with Crippen LogP contribution >= 0.6 is 11.6 Å². The van der Waals surface area contributed by atoms with E-state index in [1.807, 2.05) is 6.07 Å². The lowest BCUT2D eigenvalue weighted by Gasteiger charge is -2.17. The fourth-order valence-electron chi connectivity index (χ4n) is 2.98. The van der Waals surface area contributed by atoms with Crippen molar-refractivity contribution in [1.29, 1.82) is 0 Å². The quantitative estimate of drug-likeness (QED) is 0.870. The maximum Gasteiger partial charge on any atom is 0.141 e. The standard InChI is InChI=1S/C13H16ClFN2/c14-12-3-9(1-2-13(12)15)6-17-7-10-4-16-5-11(10)8-17/h1-3,10-11,16H,4-8H2. The van der Waals surface area contributed by atoms with Crippen LogP contribution in [-0.2, 0) is 6.54 Å². The lowest BCUT2D eigenvalue weighted by Crippen LogP contribution is -2.25. The summed E-state index contributed by atoms with van der Waals surface area (Å²) in [5.41, 5.74) is 1.10. The predicted molar refractivity (Wildman–Crippen MR) is 66.5 cm³/mol. The van der Waals surface area contributed by atoms with E-state index in [-0.39, 0.29) is 10.8 Å². The molecule has 92 valence electrons. The van der Waals surface area contributed by atoms with Gasteiger partial charge in [-0.25, -0.2) is 4.39 Å². The predicted octanol–water partition coefficient (Wildman–Crippen LogP) is 2.13. The van der Waals surface area contributed by atoms with Gasteiger partial charge < -0.3 is 5.32 Å². The summed E-state index contributed by atoms with van der Waals surface area (Å²) in [6.45, 7) is 5.46. The highest BCUT2D eigenvalue weighted by molar-refractivity contribution is 6.30. The average molecular weight is 255 g/mol. The van der Waals surface area contributed by atoms with Crippen molar-refractivity contribution in [2.24, 2.45) is 11.8 Å². The number of nitrogens with one attached hydrogen (secondary N) is 1. The fourth-order valence-corrected chi connectivity index (χ4v) is 3.18. The van der Waals surface area contributed by atoms with Gasteiger partial charge in [-0.2, -0.15) is 0 Å². The van der Waals surface area contributed by atoms with Crippen LogP contribution in [0.4, 0.5) is 4.39 Å². The Bertz CT molecular complexity index is 412. The zero-order valence-corrected chi connectivity index (χ0v) is 10.4. The second-order valence-electron chi connectivity index (χ2n) is 5.12. The van der Waals surface area contributed by atoms with E-state index in [1.165, 1.54) is 6.07 Å². The molecule has 2 atom stereocenters. The monoisotopic (exact) mass is 254 g/mol. The lowest BCUT2D eigenvalue weighted by molar-refractivity contribution is 0.305. The summed E-state index contributed by atoms with van der Waals surface area (Å²) in [5.74, 6) is 1.26. The number of nitrogens with zero attached hydrogens (tertiary/aromatic N) is 1. The number of likely N-dealkylation sites (tertiary alicyclic amines) is 1. The zero-order valence-electron chi connectivity index (χ0n) is 9.63.